The molecule has 0 aromatic rings. The molecule has 1 amide bonds. The molecule has 3 aliphatic rings. The number of nitrogens with zero attached hydrogens (tertiary/aromatic N) is 2. The zero-order valence-electron chi connectivity index (χ0n) is 12.6. The molecule has 22 heavy (non-hydrogen) atoms. The van der Waals surface area contributed by atoms with Gasteiger partial charge >= 0.3 is 0 Å². The zero-order chi connectivity index (χ0) is 15.9. The van der Waals surface area contributed by atoms with Crippen molar-refractivity contribution in [2.75, 3.05) is 13.1 Å². The molecule has 114 valence electrons. The van der Waals surface area contributed by atoms with Gasteiger partial charge in [0.05, 0.1) is 18.2 Å². The van der Waals surface area contributed by atoms with Crippen molar-refractivity contribution in [2.45, 2.75) is 13.8 Å². The number of Topliss-reactive ketones (excluding diaryl/α,β-unsaturated/α-hetero) is 1. The summed E-state index contributed by atoms with van der Waals surface area (Å²) in [5.74, 6) is -0.0907. The van der Waals surface area contributed by atoms with Gasteiger partial charge in [0.15, 0.2) is 5.78 Å². The Labute approximate surface area is 128 Å². The average molecular weight is 298 g/mol. The number of amidine groups is 1. The van der Waals surface area contributed by atoms with Crippen molar-refractivity contribution in [1.29, 1.82) is 5.41 Å². The molecule has 0 bridgehead atoms. The van der Waals surface area contributed by atoms with Crippen molar-refractivity contribution in [3.63, 3.8) is 0 Å². The van der Waals surface area contributed by atoms with Gasteiger partial charge in [0.2, 0.25) is 5.91 Å². The quantitative estimate of drug-likeness (QED) is 0.747. The first-order chi connectivity index (χ1) is 10.5. The van der Waals surface area contributed by atoms with Crippen LogP contribution in [0.25, 0.3) is 0 Å². The van der Waals surface area contributed by atoms with E-state index in [4.69, 9.17) is 5.41 Å². The predicted octanol–water partition coefficient (Wildman–Crippen LogP) is 1.03. The third kappa shape index (κ3) is 2.41. The van der Waals surface area contributed by atoms with Crippen molar-refractivity contribution >= 4 is 23.2 Å². The minimum atomic E-state index is -0.410. The molecular formula is C16H18N4O2. The van der Waals surface area contributed by atoms with Crippen LogP contribution < -0.4 is 5.32 Å². The third-order valence-corrected chi connectivity index (χ3v) is 3.75. The lowest BCUT2D eigenvalue weighted by atomic mass is 9.95. The Kier molecular flexibility index (Phi) is 3.52. The number of amides is 1. The molecule has 0 aromatic carbocycles. The number of hydrogen-bond acceptors (Lipinski definition) is 4. The Morgan fingerprint density at radius 1 is 1.41 bits per heavy atom. The van der Waals surface area contributed by atoms with Crippen LogP contribution in [0, 0.1) is 17.2 Å². The van der Waals surface area contributed by atoms with Crippen LogP contribution in [0.2, 0.25) is 0 Å². The molecule has 2 heterocycles. The minimum Gasteiger partial charge on any atom is -0.348 e. The molecule has 1 aliphatic carbocycles. The van der Waals surface area contributed by atoms with E-state index in [0.717, 1.165) is 0 Å². The fourth-order valence-corrected chi connectivity index (χ4v) is 2.79. The second kappa shape index (κ2) is 5.36. The first-order valence-corrected chi connectivity index (χ1v) is 7.33. The smallest absolute Gasteiger partial charge is 0.238 e. The summed E-state index contributed by atoms with van der Waals surface area (Å²) in [4.78, 5) is 30.5. The molecule has 1 atom stereocenters. The zero-order valence-corrected chi connectivity index (χ0v) is 12.6. The highest BCUT2D eigenvalue weighted by atomic mass is 16.2. The lowest BCUT2D eigenvalue weighted by molar-refractivity contribution is -0.121. The topological polar surface area (TPSA) is 85.6 Å². The minimum absolute atomic E-state index is 0.145. The summed E-state index contributed by atoms with van der Waals surface area (Å²) in [7, 11) is 0. The number of likely N-dealkylation sites (tertiary alicyclic amines) is 1. The number of aliphatic imine (C=N–C) groups is 1. The first kappa shape index (κ1) is 14.4. The molecule has 1 fully saturated rings. The highest BCUT2D eigenvalue weighted by Crippen LogP contribution is 2.23. The second-order valence-corrected chi connectivity index (χ2v) is 6.02. The fourth-order valence-electron chi connectivity index (χ4n) is 2.79. The van der Waals surface area contributed by atoms with Crippen LogP contribution in [0.15, 0.2) is 40.7 Å². The largest absolute Gasteiger partial charge is 0.348 e. The lowest BCUT2D eigenvalue weighted by Gasteiger charge is -2.23. The van der Waals surface area contributed by atoms with Gasteiger partial charge in [-0.1, -0.05) is 32.1 Å². The van der Waals surface area contributed by atoms with Gasteiger partial charge in [-0.25, -0.2) is 4.99 Å². The van der Waals surface area contributed by atoms with E-state index in [1.54, 1.807) is 23.1 Å². The van der Waals surface area contributed by atoms with Crippen LogP contribution in [0.4, 0.5) is 0 Å². The summed E-state index contributed by atoms with van der Waals surface area (Å²) in [5.41, 5.74) is 0.819. The van der Waals surface area contributed by atoms with E-state index in [0.29, 0.717) is 18.2 Å². The molecule has 0 aromatic heterocycles. The van der Waals surface area contributed by atoms with Crippen LogP contribution in [0.5, 0.6) is 0 Å². The Bertz CT molecular complexity index is 682. The Balaban J connectivity index is 1.98. The SMILES string of the molecule is CC(C)CN1CC(=O)/C(=C2\N=C3C=CC=CC3C(=O)N2)C1=N. The van der Waals surface area contributed by atoms with Crippen LogP contribution in [-0.2, 0) is 9.59 Å². The molecule has 3 rings (SSSR count). The second-order valence-electron chi connectivity index (χ2n) is 6.02. The number of hydrogen-bond donors (Lipinski definition) is 2. The van der Waals surface area contributed by atoms with Gasteiger partial charge in [-0.2, -0.15) is 0 Å². The molecule has 6 nitrogen and oxygen atoms in total. The highest BCUT2D eigenvalue weighted by molar-refractivity contribution is 6.27. The molecule has 6 heteroatoms. The third-order valence-electron chi connectivity index (χ3n) is 3.75. The van der Waals surface area contributed by atoms with E-state index in [1.165, 1.54) is 0 Å². The lowest BCUT2D eigenvalue weighted by Crippen LogP contribution is -2.39. The maximum absolute atomic E-state index is 12.2. The van der Waals surface area contributed by atoms with Gasteiger partial charge in [0.1, 0.15) is 17.2 Å². The van der Waals surface area contributed by atoms with Crippen LogP contribution >= 0.6 is 0 Å². The monoisotopic (exact) mass is 298 g/mol. The molecular weight excluding hydrogens is 280 g/mol. The number of fused-ring (bicyclic) bond motifs is 1. The van der Waals surface area contributed by atoms with Crippen molar-refractivity contribution in [3.05, 3.63) is 35.7 Å². The average Bonchev–Trinajstić information content (AvgIpc) is 2.72. The number of ketones is 1. The first-order valence-electron chi connectivity index (χ1n) is 7.33. The van der Waals surface area contributed by atoms with Crippen molar-refractivity contribution in [1.82, 2.24) is 10.2 Å². The maximum atomic E-state index is 12.2. The van der Waals surface area contributed by atoms with E-state index in [1.807, 2.05) is 19.9 Å². The van der Waals surface area contributed by atoms with E-state index in [9.17, 15) is 9.59 Å². The normalized spacial score (nSPS) is 27.4. The van der Waals surface area contributed by atoms with Gasteiger partial charge in [-0.05, 0) is 12.0 Å². The van der Waals surface area contributed by atoms with E-state index >= 15 is 0 Å². The molecule has 2 aliphatic heterocycles. The van der Waals surface area contributed by atoms with E-state index in [-0.39, 0.29) is 35.5 Å². The summed E-state index contributed by atoms with van der Waals surface area (Å²) in [5, 5.41) is 10.9. The Morgan fingerprint density at radius 3 is 2.91 bits per heavy atom. The summed E-state index contributed by atoms with van der Waals surface area (Å²) in [6.45, 7) is 4.89. The number of carbonyl (C=O) groups is 2. The summed E-state index contributed by atoms with van der Waals surface area (Å²) >= 11 is 0. The van der Waals surface area contributed by atoms with Crippen molar-refractivity contribution < 1.29 is 9.59 Å². The Morgan fingerprint density at radius 2 is 2.18 bits per heavy atom. The predicted molar refractivity (Wildman–Crippen MR) is 83.5 cm³/mol. The molecule has 1 saturated heterocycles. The summed E-state index contributed by atoms with van der Waals surface area (Å²) < 4.78 is 0. The highest BCUT2D eigenvalue weighted by Gasteiger charge is 2.36. The van der Waals surface area contributed by atoms with Gasteiger partial charge in [-0.3, -0.25) is 15.0 Å². The number of allylic oxidation sites excluding steroid dienone is 3. The van der Waals surface area contributed by atoms with Gasteiger partial charge in [0, 0.05) is 6.54 Å². The summed E-state index contributed by atoms with van der Waals surface area (Å²) in [6, 6.07) is 0. The number of carbonyl (C=O) groups excluding carboxylic acids is 2. The molecule has 0 spiro atoms. The van der Waals surface area contributed by atoms with Crippen molar-refractivity contribution in [3.8, 4) is 0 Å². The van der Waals surface area contributed by atoms with Gasteiger partial charge in [0.25, 0.3) is 0 Å². The van der Waals surface area contributed by atoms with E-state index < -0.39 is 5.92 Å². The van der Waals surface area contributed by atoms with Crippen molar-refractivity contribution in [2.24, 2.45) is 16.8 Å². The molecule has 0 saturated carbocycles. The van der Waals surface area contributed by atoms with Crippen LogP contribution in [-0.4, -0.2) is 41.2 Å². The number of nitrogens with one attached hydrogen (secondary N) is 2. The molecule has 1 unspecified atom stereocenters. The Hall–Kier alpha value is -2.50. The van der Waals surface area contributed by atoms with Gasteiger partial charge < -0.3 is 10.2 Å². The summed E-state index contributed by atoms with van der Waals surface area (Å²) in [6.07, 6.45) is 7.14. The standard InChI is InChI=1S/C16H18N4O2/c1-9(2)7-20-8-12(21)13(14(20)17)15-18-11-6-4-3-5-10(11)16(22)19-15/h3-6,9-10,17H,7-8H2,1-2H3,(H,19,22)/b15-13-,17-14?. The van der Waals surface area contributed by atoms with E-state index in [2.05, 4.69) is 10.3 Å². The van der Waals surface area contributed by atoms with Gasteiger partial charge in [-0.15, -0.1) is 0 Å². The molecule has 2 N–H and O–H groups in total. The van der Waals surface area contributed by atoms with Crippen LogP contribution in [0.3, 0.4) is 0 Å². The maximum Gasteiger partial charge on any atom is 0.238 e. The number of rotatable bonds is 2. The fraction of sp³-hybridized carbons (Fsp3) is 0.375. The molecule has 0 radical (unpaired) electrons. The van der Waals surface area contributed by atoms with Crippen LogP contribution in [0.1, 0.15) is 13.8 Å².